The van der Waals surface area contributed by atoms with Crippen molar-refractivity contribution in [2.24, 2.45) is 0 Å². The van der Waals surface area contributed by atoms with Gasteiger partial charge in [0.2, 0.25) is 5.91 Å². The number of aromatic nitrogens is 1. The molecule has 1 unspecified atom stereocenters. The standard InChI is InChI=1S/C12H19N3OS/c1-4-12(6-5-7-13-12)10(16)15-11-14-8(2)9(3)17-11/h13H,4-7H2,1-3H3,(H,14,15,16). The molecule has 0 radical (unpaired) electrons. The van der Waals surface area contributed by atoms with Crippen LogP contribution in [0.15, 0.2) is 0 Å². The zero-order valence-electron chi connectivity index (χ0n) is 10.6. The smallest absolute Gasteiger partial charge is 0.246 e. The van der Waals surface area contributed by atoms with Crippen LogP contribution in [0.3, 0.4) is 0 Å². The van der Waals surface area contributed by atoms with Crippen molar-refractivity contribution in [1.29, 1.82) is 0 Å². The molecular weight excluding hydrogens is 234 g/mol. The van der Waals surface area contributed by atoms with E-state index in [4.69, 9.17) is 0 Å². The summed E-state index contributed by atoms with van der Waals surface area (Å²) in [6.45, 7) is 6.96. The SMILES string of the molecule is CCC1(C(=O)Nc2nc(C)c(C)s2)CCCN1. The molecule has 1 aliphatic heterocycles. The van der Waals surface area contributed by atoms with E-state index in [0.29, 0.717) is 5.13 Å². The van der Waals surface area contributed by atoms with Crippen molar-refractivity contribution >= 4 is 22.4 Å². The fraction of sp³-hybridized carbons (Fsp3) is 0.667. The number of aryl methyl sites for hydroxylation is 2. The molecule has 5 heteroatoms. The second kappa shape index (κ2) is 4.74. The van der Waals surface area contributed by atoms with E-state index in [-0.39, 0.29) is 11.4 Å². The normalized spacial score (nSPS) is 23.9. The number of carbonyl (C=O) groups is 1. The minimum absolute atomic E-state index is 0.0613. The van der Waals surface area contributed by atoms with Crippen LogP contribution in [0.1, 0.15) is 36.8 Å². The molecule has 0 spiro atoms. The van der Waals surface area contributed by atoms with Crippen LogP contribution in [-0.2, 0) is 4.79 Å². The van der Waals surface area contributed by atoms with Crippen LogP contribution in [0.5, 0.6) is 0 Å². The minimum Gasteiger partial charge on any atom is -0.303 e. The predicted molar refractivity (Wildman–Crippen MR) is 70.5 cm³/mol. The molecular formula is C12H19N3OS. The summed E-state index contributed by atoms with van der Waals surface area (Å²) in [6, 6.07) is 0. The van der Waals surface area contributed by atoms with Crippen LogP contribution >= 0.6 is 11.3 Å². The zero-order chi connectivity index (χ0) is 12.5. The van der Waals surface area contributed by atoms with E-state index < -0.39 is 0 Å². The van der Waals surface area contributed by atoms with Crippen LogP contribution < -0.4 is 10.6 Å². The molecule has 1 atom stereocenters. The van der Waals surface area contributed by atoms with Gasteiger partial charge < -0.3 is 10.6 Å². The van der Waals surface area contributed by atoms with E-state index in [0.717, 1.165) is 36.4 Å². The number of nitrogens with one attached hydrogen (secondary N) is 2. The lowest BCUT2D eigenvalue weighted by Gasteiger charge is -2.25. The number of rotatable bonds is 3. The fourth-order valence-electron chi connectivity index (χ4n) is 2.21. The van der Waals surface area contributed by atoms with Crippen LogP contribution in [-0.4, -0.2) is 23.0 Å². The molecule has 0 aliphatic carbocycles. The molecule has 1 fully saturated rings. The Morgan fingerprint density at radius 3 is 2.82 bits per heavy atom. The second-order valence-electron chi connectivity index (χ2n) is 4.58. The number of hydrogen-bond donors (Lipinski definition) is 2. The van der Waals surface area contributed by atoms with Gasteiger partial charge in [-0.25, -0.2) is 4.98 Å². The van der Waals surface area contributed by atoms with Crippen LogP contribution in [0.25, 0.3) is 0 Å². The van der Waals surface area contributed by atoms with Crippen molar-refractivity contribution in [2.75, 3.05) is 11.9 Å². The van der Waals surface area contributed by atoms with E-state index in [1.165, 1.54) is 11.3 Å². The van der Waals surface area contributed by atoms with Gasteiger partial charge in [-0.1, -0.05) is 6.92 Å². The minimum atomic E-state index is -0.381. The molecule has 2 N–H and O–H groups in total. The van der Waals surface area contributed by atoms with Crippen LogP contribution in [0.2, 0.25) is 0 Å². The first kappa shape index (κ1) is 12.5. The summed E-state index contributed by atoms with van der Waals surface area (Å²) >= 11 is 1.54. The molecule has 0 saturated carbocycles. The first-order chi connectivity index (χ1) is 8.07. The summed E-state index contributed by atoms with van der Waals surface area (Å²) in [6.07, 6.45) is 2.80. The number of nitrogens with zero attached hydrogens (tertiary/aromatic N) is 1. The largest absolute Gasteiger partial charge is 0.303 e. The third-order valence-corrected chi connectivity index (χ3v) is 4.52. The van der Waals surface area contributed by atoms with Crippen LogP contribution in [0, 0.1) is 13.8 Å². The molecule has 0 bridgehead atoms. The van der Waals surface area contributed by atoms with E-state index in [9.17, 15) is 4.79 Å². The first-order valence-corrected chi connectivity index (χ1v) is 6.89. The number of carbonyl (C=O) groups excluding carboxylic acids is 1. The highest BCUT2D eigenvalue weighted by Gasteiger charge is 2.39. The molecule has 4 nitrogen and oxygen atoms in total. The molecule has 0 aromatic carbocycles. The van der Waals surface area contributed by atoms with E-state index >= 15 is 0 Å². The Kier molecular flexibility index (Phi) is 3.49. The van der Waals surface area contributed by atoms with E-state index in [2.05, 4.69) is 22.5 Å². The molecule has 1 aliphatic rings. The van der Waals surface area contributed by atoms with Crippen molar-refractivity contribution in [3.05, 3.63) is 10.6 Å². The molecule has 2 heterocycles. The van der Waals surface area contributed by atoms with Crippen molar-refractivity contribution < 1.29 is 4.79 Å². The van der Waals surface area contributed by atoms with E-state index in [1.54, 1.807) is 0 Å². The monoisotopic (exact) mass is 253 g/mol. The summed E-state index contributed by atoms with van der Waals surface area (Å²) in [5.41, 5.74) is 0.614. The summed E-state index contributed by atoms with van der Waals surface area (Å²) in [5.74, 6) is 0.0613. The molecule has 1 aromatic rings. The van der Waals surface area contributed by atoms with Gasteiger partial charge in [-0.05, 0) is 39.7 Å². The Hall–Kier alpha value is -0.940. The number of amides is 1. The lowest BCUT2D eigenvalue weighted by Crippen LogP contribution is -2.50. The van der Waals surface area contributed by atoms with E-state index in [1.807, 2.05) is 13.8 Å². The number of thiazole rings is 1. The van der Waals surface area contributed by atoms with Gasteiger partial charge in [0, 0.05) is 4.88 Å². The summed E-state index contributed by atoms with van der Waals surface area (Å²) in [7, 11) is 0. The van der Waals surface area contributed by atoms with Gasteiger partial charge in [0.25, 0.3) is 0 Å². The van der Waals surface area contributed by atoms with Gasteiger partial charge in [0.05, 0.1) is 11.2 Å². The highest BCUT2D eigenvalue weighted by molar-refractivity contribution is 7.15. The average Bonchev–Trinajstić information content (AvgIpc) is 2.88. The average molecular weight is 253 g/mol. The first-order valence-electron chi connectivity index (χ1n) is 6.08. The van der Waals surface area contributed by atoms with Gasteiger partial charge in [-0.3, -0.25) is 4.79 Å². The molecule has 1 aromatic heterocycles. The Labute approximate surface area is 106 Å². The van der Waals surface area contributed by atoms with Crippen molar-refractivity contribution in [1.82, 2.24) is 10.3 Å². The Bertz CT molecular complexity index is 402. The lowest BCUT2D eigenvalue weighted by molar-refractivity contribution is -0.122. The topological polar surface area (TPSA) is 54.0 Å². The highest BCUT2D eigenvalue weighted by atomic mass is 32.1. The maximum atomic E-state index is 12.3. The fourth-order valence-corrected chi connectivity index (χ4v) is 3.01. The Morgan fingerprint density at radius 2 is 2.35 bits per heavy atom. The quantitative estimate of drug-likeness (QED) is 0.868. The van der Waals surface area contributed by atoms with Crippen LogP contribution in [0.4, 0.5) is 5.13 Å². The molecule has 1 amide bonds. The summed E-state index contributed by atoms with van der Waals surface area (Å²) in [4.78, 5) is 17.8. The predicted octanol–water partition coefficient (Wildman–Crippen LogP) is 2.23. The molecule has 1 saturated heterocycles. The second-order valence-corrected chi connectivity index (χ2v) is 5.78. The summed E-state index contributed by atoms with van der Waals surface area (Å²) in [5, 5.41) is 6.98. The highest BCUT2D eigenvalue weighted by Crippen LogP contribution is 2.27. The molecule has 94 valence electrons. The third kappa shape index (κ3) is 2.35. The maximum Gasteiger partial charge on any atom is 0.246 e. The molecule has 17 heavy (non-hydrogen) atoms. The molecule has 2 rings (SSSR count). The number of anilines is 1. The zero-order valence-corrected chi connectivity index (χ0v) is 11.4. The number of hydrogen-bond acceptors (Lipinski definition) is 4. The van der Waals surface area contributed by atoms with Gasteiger partial charge in [-0.2, -0.15) is 0 Å². The van der Waals surface area contributed by atoms with Gasteiger partial charge in [-0.15, -0.1) is 11.3 Å². The van der Waals surface area contributed by atoms with Gasteiger partial charge in [0.15, 0.2) is 5.13 Å². The Balaban J connectivity index is 2.10. The summed E-state index contributed by atoms with van der Waals surface area (Å²) < 4.78 is 0. The maximum absolute atomic E-state index is 12.3. The Morgan fingerprint density at radius 1 is 1.59 bits per heavy atom. The van der Waals surface area contributed by atoms with Crippen molar-refractivity contribution in [3.8, 4) is 0 Å². The third-order valence-electron chi connectivity index (χ3n) is 3.53. The van der Waals surface area contributed by atoms with Gasteiger partial charge >= 0.3 is 0 Å². The van der Waals surface area contributed by atoms with Crippen molar-refractivity contribution in [3.63, 3.8) is 0 Å². The van der Waals surface area contributed by atoms with Gasteiger partial charge in [0.1, 0.15) is 0 Å². The lowest BCUT2D eigenvalue weighted by atomic mass is 9.93. The van der Waals surface area contributed by atoms with Crippen molar-refractivity contribution in [2.45, 2.75) is 45.6 Å².